The number of hydrogen-bond donors (Lipinski definition) is 0. The zero-order valence-electron chi connectivity index (χ0n) is 14.0. The lowest BCUT2D eigenvalue weighted by atomic mass is 10.2. The van der Waals surface area contributed by atoms with Crippen LogP contribution in [0.2, 0.25) is 0 Å². The Balaban J connectivity index is 2.00. The quantitative estimate of drug-likeness (QED) is 0.576. The molecule has 24 heavy (non-hydrogen) atoms. The molecule has 8 nitrogen and oxygen atoms in total. The third-order valence-corrected chi connectivity index (χ3v) is 4.05. The van der Waals surface area contributed by atoms with Gasteiger partial charge in [0.15, 0.2) is 11.3 Å². The van der Waals surface area contributed by atoms with E-state index in [2.05, 4.69) is 57.6 Å². The van der Waals surface area contributed by atoms with E-state index in [1.54, 1.807) is 25.3 Å². The minimum atomic E-state index is 0.267. The van der Waals surface area contributed by atoms with Crippen molar-refractivity contribution in [3.63, 3.8) is 0 Å². The average molecular weight is 322 g/mol. The molecule has 0 aromatic carbocycles. The van der Waals surface area contributed by atoms with E-state index in [0.29, 0.717) is 11.4 Å². The highest BCUT2D eigenvalue weighted by Gasteiger charge is 2.19. The van der Waals surface area contributed by atoms with Crippen molar-refractivity contribution >= 4 is 22.3 Å². The van der Waals surface area contributed by atoms with Crippen molar-refractivity contribution in [2.45, 2.75) is 39.8 Å². The molecule has 0 atom stereocenters. The summed E-state index contributed by atoms with van der Waals surface area (Å²) in [6, 6.07) is 0.534. The predicted octanol–water partition coefficient (Wildman–Crippen LogP) is 2.79. The second-order valence-electron chi connectivity index (χ2n) is 6.28. The van der Waals surface area contributed by atoms with Gasteiger partial charge in [0, 0.05) is 12.1 Å². The molecule has 0 saturated heterocycles. The zero-order valence-corrected chi connectivity index (χ0v) is 14.0. The maximum absolute atomic E-state index is 4.51. The Morgan fingerprint density at radius 3 is 1.42 bits per heavy atom. The lowest BCUT2D eigenvalue weighted by molar-refractivity contribution is 0.612. The summed E-state index contributed by atoms with van der Waals surface area (Å²) in [6.45, 7) is 8.37. The van der Waals surface area contributed by atoms with Crippen molar-refractivity contribution in [3.05, 3.63) is 25.3 Å². The van der Waals surface area contributed by atoms with Crippen molar-refractivity contribution in [1.82, 2.24) is 39.0 Å². The van der Waals surface area contributed by atoms with Crippen molar-refractivity contribution in [1.29, 1.82) is 0 Å². The van der Waals surface area contributed by atoms with Gasteiger partial charge < -0.3 is 9.13 Å². The topological polar surface area (TPSA) is 87.2 Å². The van der Waals surface area contributed by atoms with Gasteiger partial charge in [-0.15, -0.1) is 0 Å². The molecule has 4 aromatic heterocycles. The number of imidazole rings is 2. The third kappa shape index (κ3) is 2.06. The molecule has 0 saturated carbocycles. The molecule has 0 aliphatic heterocycles. The molecule has 0 spiro atoms. The van der Waals surface area contributed by atoms with Crippen molar-refractivity contribution in [2.24, 2.45) is 0 Å². The average Bonchev–Trinajstić information content (AvgIpc) is 3.18. The van der Waals surface area contributed by atoms with Gasteiger partial charge in [-0.25, -0.2) is 29.9 Å². The van der Waals surface area contributed by atoms with Gasteiger partial charge in [-0.2, -0.15) is 0 Å². The predicted molar refractivity (Wildman–Crippen MR) is 90.4 cm³/mol. The summed E-state index contributed by atoms with van der Waals surface area (Å²) in [7, 11) is 0. The third-order valence-electron chi connectivity index (χ3n) is 4.05. The fourth-order valence-corrected chi connectivity index (χ4v) is 2.81. The van der Waals surface area contributed by atoms with Gasteiger partial charge in [-0.05, 0) is 27.7 Å². The molecule has 0 unspecified atom stereocenters. The molecular formula is C16H18N8. The Kier molecular flexibility index (Phi) is 3.26. The van der Waals surface area contributed by atoms with Gasteiger partial charge in [0.2, 0.25) is 0 Å². The van der Waals surface area contributed by atoms with Gasteiger partial charge in [0.05, 0.1) is 12.7 Å². The van der Waals surface area contributed by atoms with Crippen LogP contribution < -0.4 is 0 Å². The number of fused-ring (bicyclic) bond motifs is 2. The van der Waals surface area contributed by atoms with Gasteiger partial charge in [-0.3, -0.25) is 0 Å². The van der Waals surface area contributed by atoms with Gasteiger partial charge in [0.25, 0.3) is 0 Å². The molecule has 0 amide bonds. The summed E-state index contributed by atoms with van der Waals surface area (Å²) in [5.74, 6) is 0. The maximum Gasteiger partial charge on any atom is 0.164 e. The van der Waals surface area contributed by atoms with Crippen LogP contribution >= 0.6 is 0 Å². The van der Waals surface area contributed by atoms with E-state index in [9.17, 15) is 0 Å². The summed E-state index contributed by atoms with van der Waals surface area (Å²) < 4.78 is 4.04. The molecule has 4 heterocycles. The van der Waals surface area contributed by atoms with Crippen molar-refractivity contribution in [2.75, 3.05) is 0 Å². The van der Waals surface area contributed by atoms with Crippen LogP contribution in [0.1, 0.15) is 39.8 Å². The van der Waals surface area contributed by atoms with E-state index in [1.165, 1.54) is 0 Å². The second kappa shape index (κ2) is 5.33. The molecule has 8 heteroatoms. The van der Waals surface area contributed by atoms with E-state index in [4.69, 9.17) is 0 Å². The van der Waals surface area contributed by atoms with Crippen LogP contribution in [-0.2, 0) is 0 Å². The molecule has 0 fully saturated rings. The highest BCUT2D eigenvalue weighted by molar-refractivity contribution is 5.95. The van der Waals surface area contributed by atoms with Crippen LogP contribution in [0.3, 0.4) is 0 Å². The first-order valence-electron chi connectivity index (χ1n) is 7.93. The molecule has 0 radical (unpaired) electrons. The van der Waals surface area contributed by atoms with Crippen molar-refractivity contribution in [3.8, 4) is 11.4 Å². The number of hydrogen-bond acceptors (Lipinski definition) is 6. The summed E-state index contributed by atoms with van der Waals surface area (Å²) in [5, 5.41) is 0. The smallest absolute Gasteiger partial charge is 0.164 e. The molecule has 4 aromatic rings. The maximum atomic E-state index is 4.51. The van der Waals surface area contributed by atoms with Crippen LogP contribution in [0.5, 0.6) is 0 Å². The van der Waals surface area contributed by atoms with E-state index in [-0.39, 0.29) is 12.1 Å². The minimum Gasteiger partial charge on any atom is -0.313 e. The normalized spacial score (nSPS) is 12.1. The molecule has 0 N–H and O–H groups in total. The summed E-state index contributed by atoms with van der Waals surface area (Å²) in [4.78, 5) is 26.6. The first kappa shape index (κ1) is 14.7. The molecule has 122 valence electrons. The molecule has 0 aliphatic carbocycles. The van der Waals surface area contributed by atoms with Gasteiger partial charge in [0.1, 0.15) is 35.1 Å². The minimum absolute atomic E-state index is 0.267. The number of rotatable bonds is 3. The van der Waals surface area contributed by atoms with Gasteiger partial charge in [-0.1, -0.05) is 0 Å². The monoisotopic (exact) mass is 322 g/mol. The van der Waals surface area contributed by atoms with Crippen LogP contribution in [0, 0.1) is 0 Å². The Hall–Kier alpha value is -2.90. The molecular weight excluding hydrogens is 304 g/mol. The van der Waals surface area contributed by atoms with Crippen LogP contribution in [-0.4, -0.2) is 39.0 Å². The fraction of sp³-hybridized carbons (Fsp3) is 0.375. The molecule has 0 aliphatic rings. The first-order valence-corrected chi connectivity index (χ1v) is 7.93. The Labute approximate surface area is 138 Å². The molecule has 4 rings (SSSR count). The van der Waals surface area contributed by atoms with E-state index < -0.39 is 0 Å². The Bertz CT molecular complexity index is 943. The Morgan fingerprint density at radius 2 is 1.04 bits per heavy atom. The largest absolute Gasteiger partial charge is 0.313 e. The fourth-order valence-electron chi connectivity index (χ4n) is 2.81. The number of nitrogens with zero attached hydrogens (tertiary/aromatic N) is 8. The highest BCUT2D eigenvalue weighted by atomic mass is 15.1. The van der Waals surface area contributed by atoms with E-state index in [1.807, 2.05) is 9.13 Å². The second-order valence-corrected chi connectivity index (χ2v) is 6.28. The van der Waals surface area contributed by atoms with Crippen LogP contribution in [0.15, 0.2) is 25.3 Å². The van der Waals surface area contributed by atoms with Crippen LogP contribution in [0.4, 0.5) is 0 Å². The first-order chi connectivity index (χ1) is 11.6. The molecule has 0 bridgehead atoms. The van der Waals surface area contributed by atoms with Gasteiger partial charge >= 0.3 is 0 Å². The SMILES string of the molecule is CC(C)n1cnc2c(-c3ncnc4c3ncn4C(C)C)ncnc21. The van der Waals surface area contributed by atoms with E-state index >= 15 is 0 Å². The zero-order chi connectivity index (χ0) is 16.8. The standard InChI is InChI=1S/C16H18N8/c1-9(2)23-7-21-13-11(17-5-19-15(13)23)12-14-16(20-6-18-12)24(8-22-14)10(3)4/h5-10H,1-4H3. The highest BCUT2D eigenvalue weighted by Crippen LogP contribution is 2.28. The van der Waals surface area contributed by atoms with E-state index in [0.717, 1.165) is 22.3 Å². The lowest BCUT2D eigenvalue weighted by Crippen LogP contribution is -2.02. The summed E-state index contributed by atoms with van der Waals surface area (Å²) in [5.41, 5.74) is 4.41. The summed E-state index contributed by atoms with van der Waals surface area (Å²) in [6.07, 6.45) is 6.68. The Morgan fingerprint density at radius 1 is 0.625 bits per heavy atom. The lowest BCUT2D eigenvalue weighted by Gasteiger charge is -2.08. The summed E-state index contributed by atoms with van der Waals surface area (Å²) >= 11 is 0. The van der Waals surface area contributed by atoms with Crippen LogP contribution in [0.25, 0.3) is 33.7 Å². The van der Waals surface area contributed by atoms with Crippen molar-refractivity contribution < 1.29 is 0 Å². The number of aromatic nitrogens is 8.